The zero-order chi connectivity index (χ0) is 12.8. The number of carbonyl (C=O) groups is 2. The Morgan fingerprint density at radius 1 is 1.53 bits per heavy atom. The van der Waals surface area contributed by atoms with E-state index in [4.69, 9.17) is 0 Å². The van der Waals surface area contributed by atoms with E-state index < -0.39 is 6.10 Å². The minimum Gasteiger partial charge on any atom is -0.392 e. The topological polar surface area (TPSA) is 54.4 Å². The molecule has 2 atom stereocenters. The molecule has 0 bridgehead atoms. The summed E-state index contributed by atoms with van der Waals surface area (Å²) in [6.45, 7) is 5.32. The predicted molar refractivity (Wildman–Crippen MR) is 64.4 cm³/mol. The minimum atomic E-state index is -0.626. The Bertz CT molecular complexity index is 456. The molecule has 0 aromatic heterocycles. The van der Waals surface area contributed by atoms with Gasteiger partial charge < -0.3 is 5.11 Å². The first-order valence-corrected chi connectivity index (χ1v) is 6.00. The lowest BCUT2D eigenvalue weighted by Gasteiger charge is -2.42. The maximum atomic E-state index is 11.7. The van der Waals surface area contributed by atoms with Crippen molar-refractivity contribution in [3.63, 3.8) is 0 Å². The fourth-order valence-corrected chi connectivity index (χ4v) is 2.80. The van der Waals surface area contributed by atoms with Crippen molar-refractivity contribution in [2.24, 2.45) is 5.41 Å². The molecule has 0 radical (unpaired) electrons. The molecule has 17 heavy (non-hydrogen) atoms. The van der Waals surface area contributed by atoms with Crippen LogP contribution in [0.5, 0.6) is 0 Å². The lowest BCUT2D eigenvalue weighted by Crippen LogP contribution is -2.42. The highest BCUT2D eigenvalue weighted by atomic mass is 16.3. The van der Waals surface area contributed by atoms with E-state index in [9.17, 15) is 14.7 Å². The molecule has 2 unspecified atom stereocenters. The third-order valence-electron chi connectivity index (χ3n) is 4.24. The zero-order valence-corrected chi connectivity index (χ0v) is 10.5. The number of hydrogen-bond donors (Lipinski definition) is 1. The average molecular weight is 234 g/mol. The molecular weight excluding hydrogens is 216 g/mol. The van der Waals surface area contributed by atoms with E-state index in [-0.39, 0.29) is 23.4 Å². The molecule has 92 valence electrons. The predicted octanol–water partition coefficient (Wildman–Crippen LogP) is 1.95. The van der Waals surface area contributed by atoms with Gasteiger partial charge in [-0.05, 0) is 43.4 Å². The van der Waals surface area contributed by atoms with Crippen molar-refractivity contribution < 1.29 is 14.7 Å². The zero-order valence-electron chi connectivity index (χ0n) is 10.5. The number of aliphatic hydroxyl groups is 1. The quantitative estimate of drug-likeness (QED) is 0.754. The van der Waals surface area contributed by atoms with Gasteiger partial charge in [-0.1, -0.05) is 13.0 Å². The smallest absolute Gasteiger partial charge is 0.161 e. The van der Waals surface area contributed by atoms with Gasteiger partial charge in [-0.2, -0.15) is 0 Å². The highest BCUT2D eigenvalue weighted by molar-refractivity contribution is 5.99. The molecule has 1 N–H and O–H groups in total. The molecule has 0 saturated heterocycles. The third kappa shape index (κ3) is 1.78. The standard InChI is InChI=1S/C14H18O3/c1-8-11-6-10(9(2)15)4-5-14(11,3)13(17)7-12(8)16/h6,13,17H,4-5,7H2,1-3H3. The van der Waals surface area contributed by atoms with E-state index >= 15 is 0 Å². The van der Waals surface area contributed by atoms with Crippen molar-refractivity contribution in [3.8, 4) is 0 Å². The minimum absolute atomic E-state index is 0.00831. The molecule has 3 nitrogen and oxygen atoms in total. The molecule has 0 aromatic rings. The van der Waals surface area contributed by atoms with Crippen molar-refractivity contribution in [1.82, 2.24) is 0 Å². The molecule has 0 fully saturated rings. The largest absolute Gasteiger partial charge is 0.392 e. The lowest BCUT2D eigenvalue weighted by molar-refractivity contribution is -0.121. The molecule has 2 aliphatic rings. The van der Waals surface area contributed by atoms with E-state index in [2.05, 4.69) is 0 Å². The van der Waals surface area contributed by atoms with Crippen LogP contribution in [0.2, 0.25) is 0 Å². The van der Waals surface area contributed by atoms with Crippen LogP contribution in [0.3, 0.4) is 0 Å². The van der Waals surface area contributed by atoms with Crippen LogP contribution in [0.1, 0.15) is 40.0 Å². The van der Waals surface area contributed by atoms with Crippen LogP contribution in [0.4, 0.5) is 0 Å². The summed E-state index contributed by atoms with van der Waals surface area (Å²) in [4.78, 5) is 23.2. The number of carbonyl (C=O) groups excluding carboxylic acids is 2. The van der Waals surface area contributed by atoms with Crippen LogP contribution in [-0.2, 0) is 9.59 Å². The molecule has 3 heteroatoms. The first-order valence-electron chi connectivity index (χ1n) is 6.00. The van der Waals surface area contributed by atoms with Gasteiger partial charge in [0.1, 0.15) is 0 Å². The van der Waals surface area contributed by atoms with Crippen molar-refractivity contribution >= 4 is 11.6 Å². The molecule has 0 aliphatic heterocycles. The molecule has 0 saturated carbocycles. The van der Waals surface area contributed by atoms with Crippen LogP contribution in [0, 0.1) is 5.41 Å². The van der Waals surface area contributed by atoms with Gasteiger partial charge in [0.25, 0.3) is 0 Å². The van der Waals surface area contributed by atoms with Crippen LogP contribution in [0.25, 0.3) is 0 Å². The maximum Gasteiger partial charge on any atom is 0.161 e. The summed E-state index contributed by atoms with van der Waals surface area (Å²) in [5.41, 5.74) is 1.96. The number of hydrogen-bond acceptors (Lipinski definition) is 3. The average Bonchev–Trinajstić information content (AvgIpc) is 2.26. The van der Waals surface area contributed by atoms with Crippen LogP contribution < -0.4 is 0 Å². The van der Waals surface area contributed by atoms with Crippen molar-refractivity contribution in [1.29, 1.82) is 0 Å². The van der Waals surface area contributed by atoms with Crippen LogP contribution in [0.15, 0.2) is 22.8 Å². The fraction of sp³-hybridized carbons (Fsp3) is 0.571. The van der Waals surface area contributed by atoms with E-state index in [0.717, 1.165) is 17.6 Å². The van der Waals surface area contributed by atoms with E-state index in [1.54, 1.807) is 13.8 Å². The molecule has 0 amide bonds. The molecule has 0 aromatic carbocycles. The number of allylic oxidation sites excluding steroid dienone is 3. The summed E-state index contributed by atoms with van der Waals surface area (Å²) >= 11 is 0. The summed E-state index contributed by atoms with van der Waals surface area (Å²) in [5.74, 6) is 0.0471. The Hall–Kier alpha value is -1.22. The van der Waals surface area contributed by atoms with Gasteiger partial charge in [0.2, 0.25) is 0 Å². The monoisotopic (exact) mass is 234 g/mol. The first-order chi connectivity index (χ1) is 7.86. The fourth-order valence-electron chi connectivity index (χ4n) is 2.80. The molecule has 2 aliphatic carbocycles. The highest BCUT2D eigenvalue weighted by Crippen LogP contribution is 2.47. The summed E-state index contributed by atoms with van der Waals surface area (Å²) in [7, 11) is 0. The van der Waals surface area contributed by atoms with Crippen molar-refractivity contribution in [3.05, 3.63) is 22.8 Å². The van der Waals surface area contributed by atoms with Gasteiger partial charge in [0.05, 0.1) is 6.10 Å². The SMILES string of the molecule is CC(=O)C1=CC2=C(C)C(=O)CC(O)C2(C)CC1. The molecular formula is C14H18O3. The van der Waals surface area contributed by atoms with Gasteiger partial charge in [-0.15, -0.1) is 0 Å². The van der Waals surface area contributed by atoms with Crippen molar-refractivity contribution in [2.45, 2.75) is 46.1 Å². The Labute approximate surface area is 101 Å². The van der Waals surface area contributed by atoms with E-state index in [1.807, 2.05) is 13.0 Å². The van der Waals surface area contributed by atoms with Crippen LogP contribution in [-0.4, -0.2) is 22.8 Å². The van der Waals surface area contributed by atoms with Crippen molar-refractivity contribution in [2.75, 3.05) is 0 Å². The highest BCUT2D eigenvalue weighted by Gasteiger charge is 2.44. The van der Waals surface area contributed by atoms with Gasteiger partial charge in [-0.25, -0.2) is 0 Å². The summed E-state index contributed by atoms with van der Waals surface area (Å²) in [5, 5.41) is 10.1. The Morgan fingerprint density at radius 3 is 2.76 bits per heavy atom. The number of Topliss-reactive ketones (excluding diaryl/α,β-unsaturated/α-hetero) is 2. The Kier molecular flexibility index (Phi) is 2.82. The molecule has 2 rings (SSSR count). The summed E-state index contributed by atoms with van der Waals surface area (Å²) in [6, 6.07) is 0. The Balaban J connectivity index is 2.57. The van der Waals surface area contributed by atoms with Gasteiger partial charge in [-0.3, -0.25) is 9.59 Å². The lowest BCUT2D eigenvalue weighted by atomic mass is 9.63. The van der Waals surface area contributed by atoms with E-state index in [1.165, 1.54) is 0 Å². The third-order valence-corrected chi connectivity index (χ3v) is 4.24. The first kappa shape index (κ1) is 12.2. The summed E-state index contributed by atoms with van der Waals surface area (Å²) in [6.07, 6.45) is 2.82. The number of fused-ring (bicyclic) bond motifs is 1. The maximum absolute atomic E-state index is 11.7. The van der Waals surface area contributed by atoms with Gasteiger partial charge in [0, 0.05) is 11.8 Å². The van der Waals surface area contributed by atoms with E-state index in [0.29, 0.717) is 12.0 Å². The molecule has 0 heterocycles. The summed E-state index contributed by atoms with van der Waals surface area (Å²) < 4.78 is 0. The van der Waals surface area contributed by atoms with Gasteiger partial charge >= 0.3 is 0 Å². The second-order valence-electron chi connectivity index (χ2n) is 5.33. The van der Waals surface area contributed by atoms with Crippen LogP contribution >= 0.6 is 0 Å². The number of rotatable bonds is 1. The second kappa shape index (κ2) is 3.91. The Morgan fingerprint density at radius 2 is 2.18 bits per heavy atom. The second-order valence-corrected chi connectivity index (χ2v) is 5.33. The number of aliphatic hydroxyl groups excluding tert-OH is 1. The molecule has 0 spiro atoms. The normalized spacial score (nSPS) is 33.3. The van der Waals surface area contributed by atoms with Gasteiger partial charge in [0.15, 0.2) is 11.6 Å². The number of ketones is 2.